The van der Waals surface area contributed by atoms with Gasteiger partial charge in [0.25, 0.3) is 11.1 Å². The molecule has 2 heterocycles. The van der Waals surface area contributed by atoms with Crippen molar-refractivity contribution < 1.29 is 33.1 Å². The van der Waals surface area contributed by atoms with Gasteiger partial charge in [-0.25, -0.2) is 4.79 Å². The minimum atomic E-state index is -0.584. The molecule has 0 aliphatic carbocycles. The fraction of sp³-hybridized carbons (Fsp3) is 0.214. The van der Waals surface area contributed by atoms with Crippen LogP contribution in [0, 0.1) is 0 Å². The van der Waals surface area contributed by atoms with Crippen molar-refractivity contribution in [2.75, 3.05) is 25.6 Å². The van der Waals surface area contributed by atoms with Crippen molar-refractivity contribution in [2.24, 2.45) is 0 Å². The number of anilines is 1. The number of methoxy groups -OCH3 is 1. The summed E-state index contributed by atoms with van der Waals surface area (Å²) < 4.78 is 16.3. The molecule has 1 fully saturated rings. The van der Waals surface area contributed by atoms with Crippen LogP contribution in [-0.2, 0) is 14.3 Å². The molecule has 1 N–H and O–H groups in total. The lowest BCUT2D eigenvalue weighted by atomic mass is 10.1. The summed E-state index contributed by atoms with van der Waals surface area (Å²) in [5.74, 6) is -0.137. The number of hydrogen-bond acceptors (Lipinski definition) is 8. The second kappa shape index (κ2) is 12.3. The molecule has 9 nitrogen and oxygen atoms in total. The normalized spacial score (nSPS) is 14.2. The highest BCUT2D eigenvalue weighted by Crippen LogP contribution is 2.33. The molecule has 38 heavy (non-hydrogen) atoms. The van der Waals surface area contributed by atoms with Crippen LogP contribution < -0.4 is 10.1 Å². The topological polar surface area (TPSA) is 115 Å². The molecule has 0 atom stereocenters. The standard InChI is InChI=1S/C28H26N2O7S/c1-3-4-15-36-27(33)19-11-9-18(10-12-19)22-14-13-20(37-22)16-24-26(32)30(28(34)38-24)17-25(31)29-21-7-5-6-8-23(21)35-2/h5-14,16H,3-4,15,17H2,1-2H3,(H,29,31)/b24-16+. The van der Waals surface area contributed by atoms with Crippen molar-refractivity contribution in [1.82, 2.24) is 4.90 Å². The molecule has 1 aromatic heterocycles. The van der Waals surface area contributed by atoms with E-state index in [0.717, 1.165) is 35.1 Å². The maximum atomic E-state index is 12.8. The van der Waals surface area contributed by atoms with Gasteiger partial charge >= 0.3 is 5.97 Å². The van der Waals surface area contributed by atoms with Gasteiger partial charge in [0, 0.05) is 11.6 Å². The SMILES string of the molecule is CCCCOC(=O)c1ccc(-c2ccc(/C=C3/SC(=O)N(CC(=O)Nc4ccccc4OC)C3=O)o2)cc1. The molecular formula is C28H26N2O7S. The van der Waals surface area contributed by atoms with E-state index >= 15 is 0 Å². The van der Waals surface area contributed by atoms with Gasteiger partial charge < -0.3 is 19.2 Å². The number of furan rings is 1. The Hall–Kier alpha value is -4.31. The smallest absolute Gasteiger partial charge is 0.338 e. The van der Waals surface area contributed by atoms with Crippen LogP contribution >= 0.6 is 11.8 Å². The molecule has 0 spiro atoms. The quantitative estimate of drug-likeness (QED) is 0.203. The number of amides is 3. The molecule has 0 saturated carbocycles. The number of rotatable bonds is 10. The summed E-state index contributed by atoms with van der Waals surface area (Å²) in [6, 6.07) is 17.0. The summed E-state index contributed by atoms with van der Waals surface area (Å²) in [5, 5.41) is 2.10. The largest absolute Gasteiger partial charge is 0.495 e. The Balaban J connectivity index is 1.39. The van der Waals surface area contributed by atoms with E-state index in [4.69, 9.17) is 13.9 Å². The first-order chi connectivity index (χ1) is 18.4. The van der Waals surface area contributed by atoms with Gasteiger partial charge in [-0.05, 0) is 54.6 Å². The van der Waals surface area contributed by atoms with E-state index in [0.29, 0.717) is 35.1 Å². The molecule has 0 bridgehead atoms. The number of carbonyl (C=O) groups is 4. The van der Waals surface area contributed by atoms with E-state index in [-0.39, 0.29) is 10.9 Å². The number of ether oxygens (including phenoxy) is 2. The molecule has 1 aliphatic heterocycles. The summed E-state index contributed by atoms with van der Waals surface area (Å²) in [7, 11) is 1.48. The molecule has 3 aromatic rings. The number of carbonyl (C=O) groups excluding carboxylic acids is 4. The number of esters is 1. The minimum Gasteiger partial charge on any atom is -0.495 e. The maximum absolute atomic E-state index is 12.8. The highest BCUT2D eigenvalue weighted by molar-refractivity contribution is 8.18. The van der Waals surface area contributed by atoms with E-state index in [9.17, 15) is 19.2 Å². The zero-order chi connectivity index (χ0) is 27.1. The van der Waals surface area contributed by atoms with Crippen molar-refractivity contribution in [1.29, 1.82) is 0 Å². The van der Waals surface area contributed by atoms with Gasteiger partial charge in [0.05, 0.1) is 29.9 Å². The number of imide groups is 1. The van der Waals surface area contributed by atoms with Crippen molar-refractivity contribution in [3.63, 3.8) is 0 Å². The van der Waals surface area contributed by atoms with Crippen molar-refractivity contribution in [2.45, 2.75) is 19.8 Å². The van der Waals surface area contributed by atoms with Gasteiger partial charge in [0.2, 0.25) is 5.91 Å². The van der Waals surface area contributed by atoms with E-state index in [1.165, 1.54) is 13.2 Å². The van der Waals surface area contributed by atoms with E-state index in [1.54, 1.807) is 60.7 Å². The van der Waals surface area contributed by atoms with Gasteiger partial charge in [0.15, 0.2) is 0 Å². The third-order valence-electron chi connectivity index (χ3n) is 5.59. The number of nitrogens with one attached hydrogen (secondary N) is 1. The number of benzene rings is 2. The van der Waals surface area contributed by atoms with E-state index in [1.807, 2.05) is 6.92 Å². The minimum absolute atomic E-state index is 0.145. The van der Waals surface area contributed by atoms with Crippen LogP contribution in [0.2, 0.25) is 0 Å². The lowest BCUT2D eigenvalue weighted by Crippen LogP contribution is -2.36. The predicted molar refractivity (Wildman–Crippen MR) is 144 cm³/mol. The summed E-state index contributed by atoms with van der Waals surface area (Å²) in [6.45, 7) is 1.97. The second-order valence-electron chi connectivity index (χ2n) is 8.29. The third-order valence-corrected chi connectivity index (χ3v) is 6.50. The molecule has 196 valence electrons. The summed E-state index contributed by atoms with van der Waals surface area (Å²) >= 11 is 0.733. The van der Waals surface area contributed by atoms with Gasteiger partial charge in [-0.1, -0.05) is 37.6 Å². The Morgan fingerprint density at radius 3 is 2.55 bits per heavy atom. The lowest BCUT2D eigenvalue weighted by Gasteiger charge is -2.14. The first-order valence-corrected chi connectivity index (χ1v) is 12.8. The molecule has 3 amide bonds. The van der Waals surface area contributed by atoms with Gasteiger partial charge in [-0.3, -0.25) is 19.3 Å². The Morgan fingerprint density at radius 1 is 1.05 bits per heavy atom. The van der Waals surface area contributed by atoms with Crippen LogP contribution in [0.25, 0.3) is 17.4 Å². The van der Waals surface area contributed by atoms with Crippen LogP contribution in [0.3, 0.4) is 0 Å². The Morgan fingerprint density at radius 2 is 1.82 bits per heavy atom. The number of unbranched alkanes of at least 4 members (excludes halogenated alkanes) is 1. The fourth-order valence-electron chi connectivity index (χ4n) is 3.60. The number of thioether (sulfide) groups is 1. The van der Waals surface area contributed by atoms with E-state index < -0.39 is 23.6 Å². The fourth-order valence-corrected chi connectivity index (χ4v) is 4.41. The molecule has 1 aliphatic rings. The highest BCUT2D eigenvalue weighted by atomic mass is 32.2. The molecule has 2 aromatic carbocycles. The molecular weight excluding hydrogens is 508 g/mol. The van der Waals surface area contributed by atoms with Crippen molar-refractivity contribution >= 4 is 46.5 Å². The molecule has 1 saturated heterocycles. The average molecular weight is 535 g/mol. The lowest BCUT2D eigenvalue weighted by molar-refractivity contribution is -0.127. The molecule has 0 radical (unpaired) electrons. The molecule has 10 heteroatoms. The predicted octanol–water partition coefficient (Wildman–Crippen LogP) is 5.59. The van der Waals surface area contributed by atoms with Gasteiger partial charge in [-0.15, -0.1) is 0 Å². The van der Waals surface area contributed by atoms with Crippen LogP contribution in [0.1, 0.15) is 35.9 Å². The summed E-state index contributed by atoms with van der Waals surface area (Å²) in [5.41, 5.74) is 1.61. The molecule has 4 rings (SSSR count). The Bertz CT molecular complexity index is 1380. The van der Waals surface area contributed by atoms with E-state index in [2.05, 4.69) is 5.32 Å². The summed E-state index contributed by atoms with van der Waals surface area (Å²) in [4.78, 5) is 50.9. The number of hydrogen-bond donors (Lipinski definition) is 1. The van der Waals surface area contributed by atoms with Crippen LogP contribution in [0.4, 0.5) is 10.5 Å². The number of nitrogens with zero attached hydrogens (tertiary/aromatic N) is 1. The average Bonchev–Trinajstić information content (AvgIpc) is 3.49. The van der Waals surface area contributed by atoms with Crippen LogP contribution in [0.5, 0.6) is 5.75 Å². The first kappa shape index (κ1) is 26.7. The Kier molecular flexibility index (Phi) is 8.65. The first-order valence-electron chi connectivity index (χ1n) is 11.9. The van der Waals surface area contributed by atoms with Gasteiger partial charge in [0.1, 0.15) is 23.8 Å². The second-order valence-corrected chi connectivity index (χ2v) is 9.28. The monoisotopic (exact) mass is 534 g/mol. The third kappa shape index (κ3) is 6.33. The van der Waals surface area contributed by atoms with Crippen molar-refractivity contribution in [3.05, 3.63) is 76.9 Å². The maximum Gasteiger partial charge on any atom is 0.338 e. The highest BCUT2D eigenvalue weighted by Gasteiger charge is 2.36. The van der Waals surface area contributed by atoms with Gasteiger partial charge in [-0.2, -0.15) is 0 Å². The van der Waals surface area contributed by atoms with Crippen LogP contribution in [0.15, 0.2) is 70.0 Å². The van der Waals surface area contributed by atoms with Crippen LogP contribution in [-0.4, -0.2) is 48.2 Å². The zero-order valence-electron chi connectivity index (χ0n) is 20.9. The van der Waals surface area contributed by atoms with Crippen molar-refractivity contribution in [3.8, 4) is 17.1 Å². The zero-order valence-corrected chi connectivity index (χ0v) is 21.7. The summed E-state index contributed by atoms with van der Waals surface area (Å²) in [6.07, 6.45) is 3.22. The Labute approximate surface area is 223 Å². The number of para-hydroxylation sites is 2. The molecule has 0 unspecified atom stereocenters.